The molecule has 0 spiro atoms. The minimum absolute atomic E-state index is 0. The molecule has 16 heavy (non-hydrogen) atoms. The van der Waals surface area contributed by atoms with Crippen LogP contribution in [-0.4, -0.2) is 41.0 Å². The van der Waals surface area contributed by atoms with Gasteiger partial charge in [-0.2, -0.15) is 23.5 Å². The average Bonchev–Trinajstić information content (AvgIpc) is 2.26. The third-order valence-electron chi connectivity index (χ3n) is 2.41. The third-order valence-corrected chi connectivity index (χ3v) is 5.25. The lowest BCUT2D eigenvalue weighted by Gasteiger charge is -2.22. The zero-order chi connectivity index (χ0) is 11.3. The van der Waals surface area contributed by atoms with Crippen LogP contribution in [0.25, 0.3) is 0 Å². The van der Waals surface area contributed by atoms with Crippen LogP contribution in [0, 0.1) is 5.92 Å². The van der Waals surface area contributed by atoms with Crippen molar-refractivity contribution in [3.63, 3.8) is 0 Å². The fraction of sp³-hybridized carbons (Fsp3) is 0.900. The number of carbonyl (C=O) groups is 1. The maximum absolute atomic E-state index is 11.6. The molecule has 0 saturated carbocycles. The molecule has 0 bridgehead atoms. The Labute approximate surface area is 112 Å². The Balaban J connectivity index is 0.00000225. The highest BCUT2D eigenvalue weighted by molar-refractivity contribution is 8.06. The molecule has 1 saturated heterocycles. The molecule has 1 fully saturated rings. The van der Waals surface area contributed by atoms with Crippen molar-refractivity contribution in [3.8, 4) is 0 Å². The highest BCUT2D eigenvalue weighted by Gasteiger charge is 2.19. The lowest BCUT2D eigenvalue weighted by Crippen LogP contribution is -2.46. The molecule has 0 aliphatic carbocycles. The van der Waals surface area contributed by atoms with Crippen molar-refractivity contribution in [1.82, 2.24) is 5.32 Å². The Hall–Kier alpha value is 0.420. The van der Waals surface area contributed by atoms with E-state index >= 15 is 0 Å². The van der Waals surface area contributed by atoms with Gasteiger partial charge in [0.2, 0.25) is 5.91 Å². The standard InChI is InChI=1S/C10H20N2OS2.ClH/c1-7(2)9(11)10(13)12-5-8-6-14-3-4-15-8;/h7-9H,3-6,11H2,1-2H3,(H,12,13);1H. The van der Waals surface area contributed by atoms with Crippen molar-refractivity contribution in [2.75, 3.05) is 23.8 Å². The second-order valence-corrected chi connectivity index (χ2v) is 6.64. The maximum Gasteiger partial charge on any atom is 0.237 e. The number of nitrogens with one attached hydrogen (secondary N) is 1. The van der Waals surface area contributed by atoms with E-state index in [1.807, 2.05) is 37.4 Å². The fourth-order valence-electron chi connectivity index (χ4n) is 1.29. The largest absolute Gasteiger partial charge is 0.354 e. The molecule has 1 heterocycles. The number of halogens is 1. The van der Waals surface area contributed by atoms with Crippen LogP contribution in [0.4, 0.5) is 0 Å². The van der Waals surface area contributed by atoms with Gasteiger partial charge in [0, 0.05) is 29.1 Å². The molecule has 0 aromatic heterocycles. The molecule has 0 radical (unpaired) electrons. The zero-order valence-corrected chi connectivity index (χ0v) is 12.2. The summed E-state index contributed by atoms with van der Waals surface area (Å²) in [7, 11) is 0. The van der Waals surface area contributed by atoms with E-state index in [1.54, 1.807) is 0 Å². The second-order valence-electron chi connectivity index (χ2n) is 4.08. The van der Waals surface area contributed by atoms with E-state index in [2.05, 4.69) is 5.32 Å². The Bertz CT molecular complexity index is 211. The molecule has 2 atom stereocenters. The number of rotatable bonds is 4. The van der Waals surface area contributed by atoms with Crippen LogP contribution in [0.15, 0.2) is 0 Å². The molecule has 1 aliphatic heterocycles. The van der Waals surface area contributed by atoms with Gasteiger partial charge in [-0.25, -0.2) is 0 Å². The first-order valence-corrected chi connectivity index (χ1v) is 7.54. The van der Waals surface area contributed by atoms with Crippen molar-refractivity contribution in [2.45, 2.75) is 25.1 Å². The van der Waals surface area contributed by atoms with E-state index < -0.39 is 0 Å². The van der Waals surface area contributed by atoms with Crippen LogP contribution in [0.2, 0.25) is 0 Å². The van der Waals surface area contributed by atoms with Crippen LogP contribution in [0.3, 0.4) is 0 Å². The normalized spacial score (nSPS) is 22.4. The van der Waals surface area contributed by atoms with E-state index in [0.717, 1.165) is 12.3 Å². The molecule has 6 heteroatoms. The average molecular weight is 285 g/mol. The molecular formula is C10H21ClN2OS2. The highest BCUT2D eigenvalue weighted by atomic mass is 35.5. The molecule has 2 unspecified atom stereocenters. The molecule has 3 N–H and O–H groups in total. The molecule has 1 rings (SSSR count). The van der Waals surface area contributed by atoms with Crippen molar-refractivity contribution in [2.24, 2.45) is 11.7 Å². The van der Waals surface area contributed by atoms with Crippen molar-refractivity contribution in [1.29, 1.82) is 0 Å². The van der Waals surface area contributed by atoms with E-state index in [-0.39, 0.29) is 30.3 Å². The minimum Gasteiger partial charge on any atom is -0.354 e. The van der Waals surface area contributed by atoms with Crippen molar-refractivity contribution < 1.29 is 4.79 Å². The van der Waals surface area contributed by atoms with E-state index in [9.17, 15) is 4.79 Å². The van der Waals surface area contributed by atoms with Crippen LogP contribution in [0.1, 0.15) is 13.8 Å². The van der Waals surface area contributed by atoms with Gasteiger partial charge in [-0.1, -0.05) is 13.8 Å². The van der Waals surface area contributed by atoms with E-state index in [0.29, 0.717) is 5.25 Å². The first-order chi connectivity index (χ1) is 7.11. The summed E-state index contributed by atoms with van der Waals surface area (Å²) in [4.78, 5) is 11.6. The van der Waals surface area contributed by atoms with Crippen molar-refractivity contribution >= 4 is 41.8 Å². The number of hydrogen-bond donors (Lipinski definition) is 2. The molecule has 0 aromatic rings. The minimum atomic E-state index is -0.369. The summed E-state index contributed by atoms with van der Waals surface area (Å²) in [6.07, 6.45) is 0. The molecule has 0 aromatic carbocycles. The van der Waals surface area contributed by atoms with Gasteiger partial charge >= 0.3 is 0 Å². The number of hydrogen-bond acceptors (Lipinski definition) is 4. The molecular weight excluding hydrogens is 264 g/mol. The van der Waals surface area contributed by atoms with Gasteiger partial charge in [-0.3, -0.25) is 4.79 Å². The van der Waals surface area contributed by atoms with E-state index in [1.165, 1.54) is 11.5 Å². The Morgan fingerprint density at radius 1 is 1.50 bits per heavy atom. The molecule has 1 aliphatic rings. The summed E-state index contributed by atoms with van der Waals surface area (Å²) >= 11 is 3.91. The third kappa shape index (κ3) is 5.66. The topological polar surface area (TPSA) is 55.1 Å². The number of carbonyl (C=O) groups excluding carboxylic acids is 1. The first-order valence-electron chi connectivity index (χ1n) is 5.34. The smallest absolute Gasteiger partial charge is 0.237 e. The quantitative estimate of drug-likeness (QED) is 0.818. The number of amides is 1. The van der Waals surface area contributed by atoms with E-state index in [4.69, 9.17) is 5.73 Å². The summed E-state index contributed by atoms with van der Waals surface area (Å²) in [5, 5.41) is 3.50. The highest BCUT2D eigenvalue weighted by Crippen LogP contribution is 2.23. The number of nitrogens with two attached hydrogens (primary N) is 1. The summed E-state index contributed by atoms with van der Waals surface area (Å²) < 4.78 is 0. The summed E-state index contributed by atoms with van der Waals surface area (Å²) in [5.41, 5.74) is 5.75. The van der Waals surface area contributed by atoms with Gasteiger partial charge in [0.15, 0.2) is 0 Å². The predicted octanol–water partition coefficient (Wildman–Crippen LogP) is 1.36. The summed E-state index contributed by atoms with van der Waals surface area (Å²) in [6.45, 7) is 4.70. The SMILES string of the molecule is CC(C)C(N)C(=O)NCC1CSCCS1.Cl. The van der Waals surface area contributed by atoms with Gasteiger partial charge in [-0.15, -0.1) is 12.4 Å². The lowest BCUT2D eigenvalue weighted by atomic mass is 10.1. The lowest BCUT2D eigenvalue weighted by molar-refractivity contribution is -0.123. The molecule has 1 amide bonds. The van der Waals surface area contributed by atoms with Crippen LogP contribution < -0.4 is 11.1 Å². The van der Waals surface area contributed by atoms with Crippen LogP contribution in [0.5, 0.6) is 0 Å². The van der Waals surface area contributed by atoms with Gasteiger partial charge in [0.05, 0.1) is 6.04 Å². The number of thioether (sulfide) groups is 2. The van der Waals surface area contributed by atoms with Crippen LogP contribution >= 0.6 is 35.9 Å². The predicted molar refractivity (Wildman–Crippen MR) is 76.6 cm³/mol. The van der Waals surface area contributed by atoms with Gasteiger partial charge < -0.3 is 11.1 Å². The van der Waals surface area contributed by atoms with Gasteiger partial charge in [-0.05, 0) is 5.92 Å². The van der Waals surface area contributed by atoms with Gasteiger partial charge in [0.1, 0.15) is 0 Å². The molecule has 96 valence electrons. The Morgan fingerprint density at radius 2 is 2.19 bits per heavy atom. The van der Waals surface area contributed by atoms with Gasteiger partial charge in [0.25, 0.3) is 0 Å². The molecule has 3 nitrogen and oxygen atoms in total. The van der Waals surface area contributed by atoms with Crippen LogP contribution in [-0.2, 0) is 4.79 Å². The Kier molecular flexibility index (Phi) is 8.73. The zero-order valence-electron chi connectivity index (χ0n) is 9.77. The van der Waals surface area contributed by atoms with Crippen molar-refractivity contribution in [3.05, 3.63) is 0 Å². The maximum atomic E-state index is 11.6. The fourth-order valence-corrected chi connectivity index (χ4v) is 3.90. The monoisotopic (exact) mass is 284 g/mol. The second kappa shape index (κ2) is 8.50. The summed E-state index contributed by atoms with van der Waals surface area (Å²) in [5.74, 6) is 3.77. The summed E-state index contributed by atoms with van der Waals surface area (Å²) in [6, 6.07) is -0.369. The Morgan fingerprint density at radius 3 is 2.69 bits per heavy atom. The first kappa shape index (κ1) is 16.4.